The lowest BCUT2D eigenvalue weighted by atomic mass is 10.2. The van der Waals surface area contributed by atoms with Crippen molar-refractivity contribution in [3.8, 4) is 5.69 Å². The lowest BCUT2D eigenvalue weighted by molar-refractivity contribution is 0.0929. The van der Waals surface area contributed by atoms with E-state index in [1.165, 1.54) is 0 Å². The molecule has 1 N–H and O–H groups in total. The largest absolute Gasteiger partial charge is 0.451 e. The molecule has 0 aliphatic rings. The van der Waals surface area contributed by atoms with E-state index in [0.717, 1.165) is 32.5 Å². The minimum atomic E-state index is -0.382. The number of rotatable bonds is 4. The van der Waals surface area contributed by atoms with E-state index in [-0.39, 0.29) is 11.7 Å². The van der Waals surface area contributed by atoms with Crippen LogP contribution in [0.1, 0.15) is 27.5 Å². The molecule has 28 heavy (non-hydrogen) atoms. The van der Waals surface area contributed by atoms with Gasteiger partial charge in [0.2, 0.25) is 0 Å². The smallest absolute Gasteiger partial charge is 0.307 e. The predicted octanol–water partition coefficient (Wildman–Crippen LogP) is 5.37. The van der Waals surface area contributed by atoms with E-state index >= 15 is 0 Å². The van der Waals surface area contributed by atoms with E-state index in [1.54, 1.807) is 12.3 Å². The molecule has 0 atom stereocenters. The molecule has 0 aliphatic heterocycles. The molecule has 0 spiro atoms. The summed E-state index contributed by atoms with van der Waals surface area (Å²) in [5, 5.41) is 4.99. The third-order valence-corrected chi connectivity index (χ3v) is 5.25. The van der Waals surface area contributed by atoms with Crippen molar-refractivity contribution < 1.29 is 9.21 Å². The van der Waals surface area contributed by atoms with Crippen LogP contribution in [0.4, 0.5) is 0 Å². The van der Waals surface area contributed by atoms with Gasteiger partial charge >= 0.3 is 5.91 Å². The number of benzene rings is 2. The molecule has 1 amide bonds. The highest BCUT2D eigenvalue weighted by atomic mass is 79.9. The Labute approximate surface area is 170 Å². The Kier molecular flexibility index (Phi) is 4.88. The molecule has 5 nitrogen and oxygen atoms in total. The zero-order valence-electron chi connectivity index (χ0n) is 15.4. The zero-order valence-corrected chi connectivity index (χ0v) is 17.0. The minimum absolute atomic E-state index is 0.233. The van der Waals surface area contributed by atoms with Crippen LogP contribution in [-0.4, -0.2) is 16.7 Å². The molecule has 0 fully saturated rings. The van der Waals surface area contributed by atoms with Gasteiger partial charge in [0, 0.05) is 26.8 Å². The highest BCUT2D eigenvalue weighted by molar-refractivity contribution is 9.10. The first-order chi connectivity index (χ1) is 13.5. The second-order valence-electron chi connectivity index (χ2n) is 6.46. The van der Waals surface area contributed by atoms with E-state index < -0.39 is 0 Å². The summed E-state index contributed by atoms with van der Waals surface area (Å²) in [5.74, 6) is -0.149. The summed E-state index contributed by atoms with van der Waals surface area (Å²) in [4.78, 5) is 12.3. The first kappa shape index (κ1) is 18.3. The maximum atomic E-state index is 12.3. The van der Waals surface area contributed by atoms with Gasteiger partial charge < -0.3 is 8.98 Å². The van der Waals surface area contributed by atoms with Crippen LogP contribution in [0.25, 0.3) is 16.7 Å². The van der Waals surface area contributed by atoms with Crippen LogP contribution in [0.5, 0.6) is 0 Å². The molecule has 6 heteroatoms. The van der Waals surface area contributed by atoms with Gasteiger partial charge in [-0.15, -0.1) is 0 Å². The molecule has 0 saturated heterocycles. The summed E-state index contributed by atoms with van der Waals surface area (Å²) in [6, 6.07) is 19.3. The fraction of sp³-hybridized carbons (Fsp3) is 0.0909. The molecule has 2 aromatic heterocycles. The Morgan fingerprint density at radius 2 is 1.86 bits per heavy atom. The van der Waals surface area contributed by atoms with Crippen molar-refractivity contribution in [2.24, 2.45) is 5.10 Å². The number of fused-ring (bicyclic) bond motifs is 1. The molecule has 0 aliphatic carbocycles. The monoisotopic (exact) mass is 435 g/mol. The number of nitrogens with one attached hydrogen (secondary N) is 1. The highest BCUT2D eigenvalue weighted by Gasteiger charge is 2.13. The van der Waals surface area contributed by atoms with Crippen molar-refractivity contribution in [3.05, 3.63) is 87.8 Å². The van der Waals surface area contributed by atoms with Gasteiger partial charge in [-0.1, -0.05) is 30.3 Å². The number of aryl methyl sites for hydroxylation is 1. The molecule has 0 bridgehead atoms. The van der Waals surface area contributed by atoms with Crippen molar-refractivity contribution >= 4 is 39.0 Å². The second kappa shape index (κ2) is 7.48. The molecule has 2 heterocycles. The SMILES string of the molecule is Cc1cc(/C=N/NC(=O)c2cc3ccccc3o2)c(C)n1-c1ccccc1Br. The summed E-state index contributed by atoms with van der Waals surface area (Å²) >= 11 is 3.60. The standard InChI is InChI=1S/C22H18BrN3O2/c1-14-11-17(15(2)26(14)19-9-5-4-8-18(19)23)13-24-25-22(27)21-12-16-7-3-6-10-20(16)28-21/h3-13H,1-2H3,(H,25,27)/b24-13+. The van der Waals surface area contributed by atoms with Crippen LogP contribution in [-0.2, 0) is 0 Å². The van der Waals surface area contributed by atoms with Gasteiger partial charge in [0.05, 0.1) is 11.9 Å². The van der Waals surface area contributed by atoms with Crippen LogP contribution < -0.4 is 5.43 Å². The average Bonchev–Trinajstić information content (AvgIpc) is 3.24. The Hall–Kier alpha value is -3.12. The van der Waals surface area contributed by atoms with Crippen molar-refractivity contribution in [2.75, 3.05) is 0 Å². The summed E-state index contributed by atoms with van der Waals surface area (Å²) < 4.78 is 8.71. The maximum Gasteiger partial charge on any atom is 0.307 e. The second-order valence-corrected chi connectivity index (χ2v) is 7.32. The van der Waals surface area contributed by atoms with Gasteiger partial charge in [0.1, 0.15) is 5.58 Å². The molecular formula is C22H18BrN3O2. The molecule has 2 aromatic carbocycles. The Morgan fingerprint density at radius 1 is 1.11 bits per heavy atom. The highest BCUT2D eigenvalue weighted by Crippen LogP contribution is 2.26. The number of halogens is 1. The molecule has 0 saturated carbocycles. The number of hydrazone groups is 1. The average molecular weight is 436 g/mol. The van der Waals surface area contributed by atoms with Crippen molar-refractivity contribution in [1.29, 1.82) is 0 Å². The quantitative estimate of drug-likeness (QED) is 0.346. The fourth-order valence-corrected chi connectivity index (χ4v) is 3.69. The maximum absolute atomic E-state index is 12.3. The Balaban J connectivity index is 1.54. The normalized spacial score (nSPS) is 11.4. The first-order valence-corrected chi connectivity index (χ1v) is 9.60. The van der Waals surface area contributed by atoms with Crippen LogP contribution in [0.15, 0.2) is 74.7 Å². The molecule has 140 valence electrons. The molecule has 0 unspecified atom stereocenters. The number of amides is 1. The van der Waals surface area contributed by atoms with Crippen molar-refractivity contribution in [3.63, 3.8) is 0 Å². The third kappa shape index (κ3) is 3.39. The van der Waals surface area contributed by atoms with E-state index in [4.69, 9.17) is 4.42 Å². The van der Waals surface area contributed by atoms with Crippen LogP contribution in [0, 0.1) is 13.8 Å². The first-order valence-electron chi connectivity index (χ1n) is 8.80. The Morgan fingerprint density at radius 3 is 2.64 bits per heavy atom. The molecular weight excluding hydrogens is 418 g/mol. The van der Waals surface area contributed by atoms with Gasteiger partial charge in [-0.3, -0.25) is 4.79 Å². The molecule has 4 aromatic rings. The van der Waals surface area contributed by atoms with Gasteiger partial charge in [0.25, 0.3) is 0 Å². The number of carbonyl (C=O) groups is 1. The lowest BCUT2D eigenvalue weighted by Gasteiger charge is -2.11. The predicted molar refractivity (Wildman–Crippen MR) is 114 cm³/mol. The minimum Gasteiger partial charge on any atom is -0.451 e. The van der Waals surface area contributed by atoms with E-state index in [0.29, 0.717) is 5.58 Å². The van der Waals surface area contributed by atoms with Gasteiger partial charge in [-0.25, -0.2) is 5.43 Å². The summed E-state index contributed by atoms with van der Waals surface area (Å²) in [6.45, 7) is 4.06. The zero-order chi connectivity index (χ0) is 19.7. The van der Waals surface area contributed by atoms with Crippen molar-refractivity contribution in [2.45, 2.75) is 13.8 Å². The van der Waals surface area contributed by atoms with Crippen LogP contribution in [0.2, 0.25) is 0 Å². The van der Waals surface area contributed by atoms with E-state index in [1.807, 2.05) is 68.4 Å². The van der Waals surface area contributed by atoms with Crippen LogP contribution in [0.3, 0.4) is 0 Å². The number of hydrogen-bond acceptors (Lipinski definition) is 3. The molecule has 0 radical (unpaired) electrons. The topological polar surface area (TPSA) is 59.5 Å². The number of carbonyl (C=O) groups excluding carboxylic acids is 1. The van der Waals surface area contributed by atoms with Gasteiger partial charge in [-0.2, -0.15) is 5.10 Å². The number of hydrogen-bond donors (Lipinski definition) is 1. The van der Waals surface area contributed by atoms with Gasteiger partial charge in [0.15, 0.2) is 5.76 Å². The Bertz CT molecular complexity index is 1170. The van der Waals surface area contributed by atoms with Gasteiger partial charge in [-0.05, 0) is 60.1 Å². The summed E-state index contributed by atoms with van der Waals surface area (Å²) in [6.07, 6.45) is 1.65. The van der Waals surface area contributed by atoms with Crippen molar-refractivity contribution in [1.82, 2.24) is 9.99 Å². The van der Waals surface area contributed by atoms with E-state index in [2.05, 4.69) is 31.0 Å². The number of aromatic nitrogens is 1. The number of nitrogens with zero attached hydrogens (tertiary/aromatic N) is 2. The third-order valence-electron chi connectivity index (χ3n) is 4.58. The summed E-state index contributed by atoms with van der Waals surface area (Å²) in [5.41, 5.74) is 7.31. The lowest BCUT2D eigenvalue weighted by Crippen LogP contribution is -2.16. The van der Waals surface area contributed by atoms with E-state index in [9.17, 15) is 4.79 Å². The number of furan rings is 1. The molecule has 4 rings (SSSR count). The fourth-order valence-electron chi connectivity index (χ4n) is 3.23. The summed E-state index contributed by atoms with van der Waals surface area (Å²) in [7, 11) is 0. The number of para-hydroxylation sites is 2. The van der Waals surface area contributed by atoms with Crippen LogP contribution >= 0.6 is 15.9 Å².